The molecule has 19 heavy (non-hydrogen) atoms. The Kier molecular flexibility index (Phi) is 3.39. The molecule has 3 rings (SSSR count). The lowest BCUT2D eigenvalue weighted by Crippen LogP contribution is -2.29. The monoisotopic (exact) mass is 256 g/mol. The van der Waals surface area contributed by atoms with Crippen LogP contribution in [-0.2, 0) is 0 Å². The Balaban J connectivity index is 1.86. The Bertz CT molecular complexity index is 542. The SMILES string of the molecule is NNC(c1cccc(OC2CC2)c1)c1ccncn1. The predicted molar refractivity (Wildman–Crippen MR) is 71.3 cm³/mol. The van der Waals surface area contributed by atoms with E-state index in [9.17, 15) is 0 Å². The van der Waals surface area contributed by atoms with Crippen molar-refractivity contribution in [3.63, 3.8) is 0 Å². The zero-order chi connectivity index (χ0) is 13.1. The number of nitrogens with zero attached hydrogens (tertiary/aromatic N) is 2. The molecule has 0 radical (unpaired) electrons. The van der Waals surface area contributed by atoms with Gasteiger partial charge in [-0.3, -0.25) is 5.84 Å². The van der Waals surface area contributed by atoms with Gasteiger partial charge in [-0.15, -0.1) is 0 Å². The summed E-state index contributed by atoms with van der Waals surface area (Å²) in [5.41, 5.74) is 4.65. The maximum Gasteiger partial charge on any atom is 0.120 e. The van der Waals surface area contributed by atoms with Crippen LogP contribution in [0.5, 0.6) is 5.75 Å². The van der Waals surface area contributed by atoms with Crippen molar-refractivity contribution in [1.29, 1.82) is 0 Å². The van der Waals surface area contributed by atoms with E-state index in [-0.39, 0.29) is 6.04 Å². The standard InChI is InChI=1S/C14H16N4O/c15-18-14(13-6-7-16-9-17-13)10-2-1-3-12(8-10)19-11-4-5-11/h1-3,6-9,11,14,18H,4-5,15H2. The molecule has 1 aromatic carbocycles. The molecule has 3 N–H and O–H groups in total. The van der Waals surface area contributed by atoms with Gasteiger partial charge >= 0.3 is 0 Å². The third kappa shape index (κ3) is 2.89. The molecule has 1 aromatic heterocycles. The average molecular weight is 256 g/mol. The van der Waals surface area contributed by atoms with Gasteiger partial charge in [0.1, 0.15) is 12.1 Å². The van der Waals surface area contributed by atoms with Gasteiger partial charge in [-0.25, -0.2) is 15.4 Å². The van der Waals surface area contributed by atoms with Gasteiger partial charge < -0.3 is 4.74 Å². The number of benzene rings is 1. The fourth-order valence-corrected chi connectivity index (χ4v) is 1.97. The summed E-state index contributed by atoms with van der Waals surface area (Å²) >= 11 is 0. The Morgan fingerprint density at radius 3 is 2.89 bits per heavy atom. The predicted octanol–water partition coefficient (Wildman–Crippen LogP) is 1.57. The highest BCUT2D eigenvalue weighted by molar-refractivity contribution is 5.34. The van der Waals surface area contributed by atoms with Crippen LogP contribution in [0.1, 0.15) is 30.1 Å². The van der Waals surface area contributed by atoms with Crippen LogP contribution in [0.25, 0.3) is 0 Å². The summed E-state index contributed by atoms with van der Waals surface area (Å²) in [6, 6.07) is 9.63. The van der Waals surface area contributed by atoms with E-state index in [1.165, 1.54) is 6.33 Å². The molecule has 1 saturated carbocycles. The first-order chi connectivity index (χ1) is 9.36. The van der Waals surface area contributed by atoms with Crippen molar-refractivity contribution in [2.75, 3.05) is 0 Å². The molecule has 1 aliphatic carbocycles. The van der Waals surface area contributed by atoms with E-state index in [1.54, 1.807) is 6.20 Å². The van der Waals surface area contributed by atoms with Crippen LogP contribution in [0.15, 0.2) is 42.9 Å². The summed E-state index contributed by atoms with van der Waals surface area (Å²) in [6.45, 7) is 0. The van der Waals surface area contributed by atoms with Crippen molar-refractivity contribution in [1.82, 2.24) is 15.4 Å². The number of aromatic nitrogens is 2. The number of hydrazine groups is 1. The van der Waals surface area contributed by atoms with Gasteiger partial charge in [-0.05, 0) is 36.6 Å². The molecule has 0 aliphatic heterocycles. The van der Waals surface area contributed by atoms with E-state index in [0.717, 1.165) is 29.8 Å². The first-order valence-corrected chi connectivity index (χ1v) is 6.35. The molecule has 1 fully saturated rings. The van der Waals surface area contributed by atoms with E-state index in [2.05, 4.69) is 15.4 Å². The van der Waals surface area contributed by atoms with Crippen LogP contribution in [0, 0.1) is 0 Å². The van der Waals surface area contributed by atoms with Crippen molar-refractivity contribution < 1.29 is 4.74 Å². The van der Waals surface area contributed by atoms with E-state index in [4.69, 9.17) is 10.6 Å². The molecule has 0 bridgehead atoms. The van der Waals surface area contributed by atoms with Gasteiger partial charge in [0.25, 0.3) is 0 Å². The number of hydrogen-bond donors (Lipinski definition) is 2. The Hall–Kier alpha value is -1.98. The normalized spacial score (nSPS) is 16.1. The lowest BCUT2D eigenvalue weighted by molar-refractivity contribution is 0.302. The van der Waals surface area contributed by atoms with Crippen LogP contribution >= 0.6 is 0 Å². The molecule has 5 nitrogen and oxygen atoms in total. The maximum absolute atomic E-state index is 5.80. The minimum Gasteiger partial charge on any atom is -0.490 e. The van der Waals surface area contributed by atoms with E-state index in [0.29, 0.717) is 6.10 Å². The molecule has 5 heteroatoms. The summed E-state index contributed by atoms with van der Waals surface area (Å²) in [7, 11) is 0. The highest BCUT2D eigenvalue weighted by Gasteiger charge is 2.24. The molecule has 98 valence electrons. The van der Waals surface area contributed by atoms with Crippen LogP contribution < -0.4 is 16.0 Å². The van der Waals surface area contributed by atoms with Gasteiger partial charge in [-0.2, -0.15) is 0 Å². The molecular weight excluding hydrogens is 240 g/mol. The number of rotatable bonds is 5. The van der Waals surface area contributed by atoms with Gasteiger partial charge in [0.2, 0.25) is 0 Å². The molecule has 1 aliphatic rings. The van der Waals surface area contributed by atoms with Crippen LogP contribution in [0.3, 0.4) is 0 Å². The molecule has 0 spiro atoms. The summed E-state index contributed by atoms with van der Waals surface area (Å²) in [6.07, 6.45) is 5.91. The maximum atomic E-state index is 5.80. The number of ether oxygens (including phenoxy) is 1. The topological polar surface area (TPSA) is 73.1 Å². The minimum absolute atomic E-state index is 0.161. The van der Waals surface area contributed by atoms with Crippen molar-refractivity contribution in [3.8, 4) is 5.75 Å². The third-order valence-electron chi connectivity index (χ3n) is 3.09. The average Bonchev–Trinajstić information content (AvgIpc) is 3.25. The number of hydrogen-bond acceptors (Lipinski definition) is 5. The molecular formula is C14H16N4O. The van der Waals surface area contributed by atoms with Crippen LogP contribution in [0.4, 0.5) is 0 Å². The van der Waals surface area contributed by atoms with Crippen molar-refractivity contribution >= 4 is 0 Å². The van der Waals surface area contributed by atoms with Gasteiger partial charge in [0.05, 0.1) is 17.8 Å². The molecule has 2 aromatic rings. The van der Waals surface area contributed by atoms with Crippen molar-refractivity contribution in [2.24, 2.45) is 5.84 Å². The zero-order valence-electron chi connectivity index (χ0n) is 10.5. The summed E-state index contributed by atoms with van der Waals surface area (Å²) < 4.78 is 5.80. The second-order valence-electron chi connectivity index (χ2n) is 4.62. The Morgan fingerprint density at radius 1 is 1.32 bits per heavy atom. The van der Waals surface area contributed by atoms with Gasteiger partial charge in [0, 0.05) is 6.20 Å². The smallest absolute Gasteiger partial charge is 0.120 e. The summed E-state index contributed by atoms with van der Waals surface area (Å²) in [5.74, 6) is 6.53. The second kappa shape index (κ2) is 5.34. The zero-order valence-corrected chi connectivity index (χ0v) is 10.5. The Labute approximate surface area is 111 Å². The molecule has 1 atom stereocenters. The van der Waals surface area contributed by atoms with Crippen molar-refractivity contribution in [3.05, 3.63) is 54.1 Å². The van der Waals surface area contributed by atoms with Gasteiger partial charge in [0.15, 0.2) is 0 Å². The lowest BCUT2D eigenvalue weighted by Gasteiger charge is -2.16. The number of nitrogens with one attached hydrogen (secondary N) is 1. The highest BCUT2D eigenvalue weighted by atomic mass is 16.5. The van der Waals surface area contributed by atoms with E-state index >= 15 is 0 Å². The highest BCUT2D eigenvalue weighted by Crippen LogP contribution is 2.29. The number of nitrogens with two attached hydrogens (primary N) is 1. The summed E-state index contributed by atoms with van der Waals surface area (Å²) in [4.78, 5) is 8.15. The fourth-order valence-electron chi connectivity index (χ4n) is 1.97. The summed E-state index contributed by atoms with van der Waals surface area (Å²) in [5, 5.41) is 0. The molecule has 0 saturated heterocycles. The first-order valence-electron chi connectivity index (χ1n) is 6.35. The van der Waals surface area contributed by atoms with Gasteiger partial charge in [-0.1, -0.05) is 12.1 Å². The Morgan fingerprint density at radius 2 is 2.21 bits per heavy atom. The van der Waals surface area contributed by atoms with E-state index in [1.807, 2.05) is 30.3 Å². The second-order valence-corrected chi connectivity index (χ2v) is 4.62. The fraction of sp³-hybridized carbons (Fsp3) is 0.286. The van der Waals surface area contributed by atoms with E-state index < -0.39 is 0 Å². The molecule has 1 heterocycles. The quantitative estimate of drug-likeness (QED) is 0.627. The minimum atomic E-state index is -0.161. The molecule has 1 unspecified atom stereocenters. The third-order valence-corrected chi connectivity index (χ3v) is 3.09. The molecule has 0 amide bonds. The van der Waals surface area contributed by atoms with Crippen LogP contribution in [0.2, 0.25) is 0 Å². The van der Waals surface area contributed by atoms with Crippen LogP contribution in [-0.4, -0.2) is 16.1 Å². The first kappa shape index (κ1) is 12.1. The lowest BCUT2D eigenvalue weighted by atomic mass is 10.0. The van der Waals surface area contributed by atoms with Crippen molar-refractivity contribution in [2.45, 2.75) is 25.0 Å². The largest absolute Gasteiger partial charge is 0.490 e.